The van der Waals surface area contributed by atoms with E-state index in [1.54, 1.807) is 0 Å². The number of rotatable bonds is 3. The van der Waals surface area contributed by atoms with Crippen molar-refractivity contribution in [2.45, 2.75) is 38.0 Å². The van der Waals surface area contributed by atoms with Crippen molar-refractivity contribution in [3.8, 4) is 0 Å². The molecule has 2 heterocycles. The molecule has 1 aromatic rings. The highest BCUT2D eigenvalue weighted by molar-refractivity contribution is 8.14. The van der Waals surface area contributed by atoms with Gasteiger partial charge in [-0.05, 0) is 44.7 Å². The van der Waals surface area contributed by atoms with Gasteiger partial charge in [0.15, 0.2) is 5.17 Å². The van der Waals surface area contributed by atoms with Gasteiger partial charge in [0.05, 0.1) is 12.6 Å². The fraction of sp³-hybridized carbons (Fsp3) is 0.615. The molecule has 1 N–H and O–H groups in total. The summed E-state index contributed by atoms with van der Waals surface area (Å²) < 4.78 is 5.62. The monoisotopic (exact) mass is 250 g/mol. The van der Waals surface area contributed by atoms with Crippen LogP contribution in [0.2, 0.25) is 0 Å². The lowest BCUT2D eigenvalue weighted by Crippen LogP contribution is -2.23. The Hall–Kier alpha value is -0.900. The summed E-state index contributed by atoms with van der Waals surface area (Å²) in [7, 11) is 0. The Morgan fingerprint density at radius 3 is 2.94 bits per heavy atom. The van der Waals surface area contributed by atoms with Crippen LogP contribution in [0.1, 0.15) is 37.3 Å². The predicted molar refractivity (Wildman–Crippen MR) is 71.4 cm³/mol. The highest BCUT2D eigenvalue weighted by atomic mass is 32.2. The Morgan fingerprint density at radius 1 is 1.47 bits per heavy atom. The first-order chi connectivity index (χ1) is 8.22. The number of furan rings is 1. The molecule has 0 bridgehead atoms. The number of thioether (sulfide) groups is 1. The first-order valence-electron chi connectivity index (χ1n) is 6.26. The minimum Gasteiger partial charge on any atom is -0.464 e. The fourth-order valence-electron chi connectivity index (χ4n) is 2.13. The molecular formula is C13H18N2OS. The van der Waals surface area contributed by atoms with E-state index in [9.17, 15) is 0 Å². The van der Waals surface area contributed by atoms with E-state index in [-0.39, 0.29) is 6.04 Å². The second kappa shape index (κ2) is 4.41. The largest absolute Gasteiger partial charge is 0.464 e. The van der Waals surface area contributed by atoms with E-state index in [1.165, 1.54) is 12.8 Å². The van der Waals surface area contributed by atoms with E-state index in [0.29, 0.717) is 0 Å². The van der Waals surface area contributed by atoms with E-state index < -0.39 is 0 Å². The first kappa shape index (κ1) is 11.2. The lowest BCUT2D eigenvalue weighted by molar-refractivity contribution is 0.444. The minimum atomic E-state index is 0.202. The van der Waals surface area contributed by atoms with E-state index in [0.717, 1.165) is 34.4 Å². The Bertz CT molecular complexity index is 436. The van der Waals surface area contributed by atoms with Crippen molar-refractivity contribution >= 4 is 16.9 Å². The summed E-state index contributed by atoms with van der Waals surface area (Å²) in [6.07, 6.45) is 2.79. The van der Waals surface area contributed by atoms with Gasteiger partial charge in [-0.3, -0.25) is 4.99 Å². The van der Waals surface area contributed by atoms with Crippen LogP contribution in [0.25, 0.3) is 0 Å². The van der Waals surface area contributed by atoms with E-state index >= 15 is 0 Å². The summed E-state index contributed by atoms with van der Waals surface area (Å²) in [5.74, 6) is 2.87. The molecule has 3 nitrogen and oxygen atoms in total. The number of amidine groups is 1. The van der Waals surface area contributed by atoms with Gasteiger partial charge in [0.25, 0.3) is 0 Å². The van der Waals surface area contributed by atoms with Crippen molar-refractivity contribution in [2.24, 2.45) is 10.9 Å². The molecule has 2 aliphatic rings. The third-order valence-electron chi connectivity index (χ3n) is 3.35. The average molecular weight is 250 g/mol. The van der Waals surface area contributed by atoms with E-state index in [2.05, 4.69) is 17.2 Å². The molecule has 0 radical (unpaired) electrons. The summed E-state index contributed by atoms with van der Waals surface area (Å²) in [5.41, 5.74) is 0. The topological polar surface area (TPSA) is 37.5 Å². The van der Waals surface area contributed by atoms with Gasteiger partial charge < -0.3 is 9.73 Å². The summed E-state index contributed by atoms with van der Waals surface area (Å²) in [4.78, 5) is 4.58. The second-order valence-corrected chi connectivity index (χ2v) is 6.18. The van der Waals surface area contributed by atoms with Crippen LogP contribution in [0.4, 0.5) is 0 Å². The maximum Gasteiger partial charge on any atom is 0.157 e. The van der Waals surface area contributed by atoms with Gasteiger partial charge in [-0.2, -0.15) is 0 Å². The quantitative estimate of drug-likeness (QED) is 0.895. The number of hydrogen-bond donors (Lipinski definition) is 1. The lowest BCUT2D eigenvalue weighted by Gasteiger charge is -2.13. The van der Waals surface area contributed by atoms with Crippen molar-refractivity contribution in [1.82, 2.24) is 5.32 Å². The molecule has 1 saturated carbocycles. The average Bonchev–Trinajstić information content (AvgIpc) is 2.90. The molecule has 0 aromatic carbocycles. The van der Waals surface area contributed by atoms with Crippen molar-refractivity contribution < 1.29 is 4.42 Å². The smallest absolute Gasteiger partial charge is 0.157 e. The van der Waals surface area contributed by atoms with Crippen molar-refractivity contribution in [1.29, 1.82) is 0 Å². The summed E-state index contributed by atoms with van der Waals surface area (Å²) in [6, 6.07) is 4.24. The maximum absolute atomic E-state index is 5.62. The number of nitrogens with one attached hydrogen (secondary N) is 1. The predicted octanol–water partition coefficient (Wildman–Crippen LogP) is 3.12. The van der Waals surface area contributed by atoms with Crippen LogP contribution in [0, 0.1) is 12.8 Å². The highest BCUT2D eigenvalue weighted by Crippen LogP contribution is 2.41. The van der Waals surface area contributed by atoms with Crippen LogP contribution in [0.5, 0.6) is 0 Å². The third-order valence-corrected chi connectivity index (χ3v) is 4.66. The molecule has 92 valence electrons. The third kappa shape index (κ3) is 2.51. The summed E-state index contributed by atoms with van der Waals surface area (Å²) in [5, 5.41) is 5.25. The van der Waals surface area contributed by atoms with E-state index in [1.807, 2.05) is 30.8 Å². The summed E-state index contributed by atoms with van der Waals surface area (Å²) >= 11 is 1.91. The number of hydrogen-bond acceptors (Lipinski definition) is 4. The number of aliphatic imine (C=N–C) groups is 1. The molecule has 1 aromatic heterocycles. The normalized spacial score (nSPS) is 25.8. The van der Waals surface area contributed by atoms with Gasteiger partial charge in [0.2, 0.25) is 0 Å². The Labute approximate surface area is 106 Å². The molecule has 1 fully saturated rings. The van der Waals surface area contributed by atoms with Crippen LogP contribution in [0.15, 0.2) is 21.5 Å². The van der Waals surface area contributed by atoms with E-state index in [4.69, 9.17) is 4.42 Å². The van der Waals surface area contributed by atoms with Crippen LogP contribution in [0.3, 0.4) is 0 Å². The number of nitrogens with zero attached hydrogens (tertiary/aromatic N) is 1. The zero-order valence-electron chi connectivity index (χ0n) is 10.3. The highest BCUT2D eigenvalue weighted by Gasteiger charge is 2.35. The van der Waals surface area contributed by atoms with Gasteiger partial charge in [-0.1, -0.05) is 11.8 Å². The Balaban J connectivity index is 1.56. The van der Waals surface area contributed by atoms with Gasteiger partial charge in [0, 0.05) is 5.25 Å². The van der Waals surface area contributed by atoms with Gasteiger partial charge >= 0.3 is 0 Å². The van der Waals surface area contributed by atoms with Gasteiger partial charge in [-0.25, -0.2) is 0 Å². The zero-order valence-corrected chi connectivity index (χ0v) is 11.1. The van der Waals surface area contributed by atoms with Crippen LogP contribution < -0.4 is 5.32 Å². The summed E-state index contributed by atoms with van der Waals surface area (Å²) in [6.45, 7) is 5.08. The molecule has 1 aliphatic carbocycles. The molecule has 2 unspecified atom stereocenters. The van der Waals surface area contributed by atoms with Crippen molar-refractivity contribution in [3.05, 3.63) is 23.7 Å². The molecule has 1 aliphatic heterocycles. The molecule has 0 amide bonds. The molecule has 4 heteroatoms. The number of aryl methyl sites for hydroxylation is 1. The maximum atomic E-state index is 5.62. The van der Waals surface area contributed by atoms with Gasteiger partial charge in [0.1, 0.15) is 11.5 Å². The Kier molecular flexibility index (Phi) is 2.90. The van der Waals surface area contributed by atoms with Gasteiger partial charge in [-0.15, -0.1) is 0 Å². The molecule has 17 heavy (non-hydrogen) atoms. The SMILES string of the molecule is Cc1ccc(C(C)NC2=NCC(C3CC3)S2)o1. The molecule has 3 rings (SSSR count). The second-order valence-electron chi connectivity index (χ2n) is 4.95. The van der Waals surface area contributed by atoms with Crippen molar-refractivity contribution in [2.75, 3.05) is 6.54 Å². The van der Waals surface area contributed by atoms with Crippen LogP contribution in [-0.2, 0) is 0 Å². The zero-order chi connectivity index (χ0) is 11.8. The minimum absolute atomic E-state index is 0.202. The standard InChI is InChI=1S/C13H18N2OS/c1-8-3-6-11(16-8)9(2)15-13-14-7-12(17-13)10-4-5-10/h3,6,9-10,12H,4-5,7H2,1-2H3,(H,14,15). The Morgan fingerprint density at radius 2 is 2.29 bits per heavy atom. The lowest BCUT2D eigenvalue weighted by atomic mass is 10.2. The molecule has 2 atom stereocenters. The fourth-order valence-corrected chi connectivity index (χ4v) is 3.42. The molecule has 0 saturated heterocycles. The van der Waals surface area contributed by atoms with Crippen molar-refractivity contribution in [3.63, 3.8) is 0 Å². The molecule has 0 spiro atoms. The van der Waals surface area contributed by atoms with Crippen LogP contribution in [-0.4, -0.2) is 17.0 Å². The molecular weight excluding hydrogens is 232 g/mol. The van der Waals surface area contributed by atoms with Crippen LogP contribution >= 0.6 is 11.8 Å². The first-order valence-corrected chi connectivity index (χ1v) is 7.14.